The molecule has 1 aromatic heterocycles. The van der Waals surface area contributed by atoms with E-state index in [1.165, 1.54) is 6.07 Å². The molecule has 1 saturated carbocycles. The highest BCUT2D eigenvalue weighted by atomic mass is 35.5. The number of rotatable bonds is 8. The second-order valence-electron chi connectivity index (χ2n) is 7.56. The number of benzene rings is 1. The number of ketones is 1. The molecule has 1 aliphatic rings. The Kier molecular flexibility index (Phi) is 6.97. The third-order valence-electron chi connectivity index (χ3n) is 5.20. The summed E-state index contributed by atoms with van der Waals surface area (Å²) >= 11 is 6.01. The standard InChI is InChI=1S/C22H23ClF2N2O5/c1-4-31-20(29)18-17(14-9-22(24,25)10-14)19(21(30)32-5-2)27(26-18)11-16(28)13-6-7-15(23)12(3)8-13/h6-8,14H,4-5,9-11H2,1-3H3. The van der Waals surface area contributed by atoms with E-state index in [1.807, 2.05) is 0 Å². The van der Waals surface area contributed by atoms with Gasteiger partial charge in [-0.25, -0.2) is 23.1 Å². The summed E-state index contributed by atoms with van der Waals surface area (Å²) in [6.45, 7) is 4.57. The van der Waals surface area contributed by atoms with Gasteiger partial charge in [-0.2, -0.15) is 5.10 Å². The lowest BCUT2D eigenvalue weighted by atomic mass is 9.75. The van der Waals surface area contributed by atoms with Crippen molar-refractivity contribution in [1.29, 1.82) is 0 Å². The van der Waals surface area contributed by atoms with Gasteiger partial charge in [0.1, 0.15) is 6.54 Å². The number of carbonyl (C=O) groups excluding carboxylic acids is 3. The molecule has 172 valence electrons. The fourth-order valence-corrected chi connectivity index (χ4v) is 3.77. The SMILES string of the molecule is CCOC(=O)c1nn(CC(=O)c2ccc(Cl)c(C)c2)c(C(=O)OCC)c1C1CC(F)(F)C1. The first-order chi connectivity index (χ1) is 15.1. The molecule has 3 rings (SSSR count). The van der Waals surface area contributed by atoms with Crippen molar-refractivity contribution in [3.63, 3.8) is 0 Å². The van der Waals surface area contributed by atoms with E-state index in [0.717, 1.165) is 4.68 Å². The van der Waals surface area contributed by atoms with Gasteiger partial charge in [-0.05, 0) is 44.5 Å². The second-order valence-corrected chi connectivity index (χ2v) is 7.96. The fraction of sp³-hybridized carbons (Fsp3) is 0.455. The van der Waals surface area contributed by atoms with Crippen molar-refractivity contribution >= 4 is 29.3 Å². The number of carbonyl (C=O) groups is 3. The molecule has 2 aromatic rings. The summed E-state index contributed by atoms with van der Waals surface area (Å²) < 4.78 is 38.4. The van der Waals surface area contributed by atoms with Gasteiger partial charge in [0.05, 0.1) is 13.2 Å². The number of halogens is 3. The maximum Gasteiger partial charge on any atom is 0.359 e. The number of esters is 2. The first-order valence-electron chi connectivity index (χ1n) is 10.2. The quantitative estimate of drug-likeness (QED) is 0.416. The average Bonchev–Trinajstić information content (AvgIpc) is 3.07. The molecular weight excluding hydrogens is 446 g/mol. The predicted molar refractivity (Wildman–Crippen MR) is 112 cm³/mol. The molecule has 0 saturated heterocycles. The Hall–Kier alpha value is -2.81. The molecular formula is C22H23ClF2N2O5. The summed E-state index contributed by atoms with van der Waals surface area (Å²) in [5, 5.41) is 4.63. The number of ether oxygens (including phenoxy) is 2. The molecule has 7 nitrogen and oxygen atoms in total. The van der Waals surface area contributed by atoms with Crippen LogP contribution in [0, 0.1) is 6.92 Å². The molecule has 10 heteroatoms. The van der Waals surface area contributed by atoms with Crippen molar-refractivity contribution in [2.45, 2.75) is 52.0 Å². The lowest BCUT2D eigenvalue weighted by Gasteiger charge is -2.35. The van der Waals surface area contributed by atoms with Crippen molar-refractivity contribution in [3.8, 4) is 0 Å². The first-order valence-corrected chi connectivity index (χ1v) is 10.6. The molecule has 0 aliphatic heterocycles. The molecule has 0 unspecified atom stereocenters. The lowest BCUT2D eigenvalue weighted by Crippen LogP contribution is -2.35. The van der Waals surface area contributed by atoms with Gasteiger partial charge in [0, 0.05) is 34.9 Å². The number of alkyl halides is 2. The summed E-state index contributed by atoms with van der Waals surface area (Å²) in [6.07, 6.45) is -1.08. The molecule has 1 aliphatic carbocycles. The van der Waals surface area contributed by atoms with Crippen LogP contribution in [0.2, 0.25) is 5.02 Å². The van der Waals surface area contributed by atoms with Crippen LogP contribution in [0.1, 0.15) is 75.1 Å². The average molecular weight is 469 g/mol. The Labute approximate surface area is 188 Å². The Balaban J connectivity index is 2.07. The maximum atomic E-state index is 13.6. The summed E-state index contributed by atoms with van der Waals surface area (Å²) in [4.78, 5) is 38.2. The predicted octanol–water partition coefficient (Wildman–Crippen LogP) is 4.59. The van der Waals surface area contributed by atoms with E-state index in [1.54, 1.807) is 32.9 Å². The Morgan fingerprint density at radius 1 is 1.16 bits per heavy atom. The van der Waals surface area contributed by atoms with E-state index in [4.69, 9.17) is 21.1 Å². The molecule has 0 bridgehead atoms. The van der Waals surface area contributed by atoms with E-state index in [0.29, 0.717) is 16.1 Å². The smallest absolute Gasteiger partial charge is 0.359 e. The number of hydrogen-bond acceptors (Lipinski definition) is 6. The van der Waals surface area contributed by atoms with Crippen LogP contribution in [-0.4, -0.2) is 46.6 Å². The summed E-state index contributed by atoms with van der Waals surface area (Å²) in [6, 6.07) is 4.70. The van der Waals surface area contributed by atoms with Gasteiger partial charge in [-0.15, -0.1) is 0 Å². The van der Waals surface area contributed by atoms with E-state index >= 15 is 0 Å². The highest BCUT2D eigenvalue weighted by Gasteiger charge is 2.50. The minimum atomic E-state index is -2.90. The minimum absolute atomic E-state index is 0.0172. The van der Waals surface area contributed by atoms with Crippen LogP contribution in [0.15, 0.2) is 18.2 Å². The van der Waals surface area contributed by atoms with Crippen molar-refractivity contribution in [2.24, 2.45) is 0 Å². The normalized spacial score (nSPS) is 15.2. The van der Waals surface area contributed by atoms with Crippen LogP contribution < -0.4 is 0 Å². The maximum absolute atomic E-state index is 13.6. The van der Waals surface area contributed by atoms with Crippen LogP contribution in [0.5, 0.6) is 0 Å². The number of aromatic nitrogens is 2. The number of nitrogens with zero attached hydrogens (tertiary/aromatic N) is 2. The van der Waals surface area contributed by atoms with E-state index in [2.05, 4.69) is 5.10 Å². The fourth-order valence-electron chi connectivity index (χ4n) is 3.65. The molecule has 1 fully saturated rings. The van der Waals surface area contributed by atoms with Gasteiger partial charge in [0.25, 0.3) is 0 Å². The van der Waals surface area contributed by atoms with Crippen LogP contribution in [0.4, 0.5) is 8.78 Å². The summed E-state index contributed by atoms with van der Waals surface area (Å²) in [5.41, 5.74) is 0.609. The van der Waals surface area contributed by atoms with Crippen molar-refractivity contribution in [1.82, 2.24) is 9.78 Å². The molecule has 0 N–H and O–H groups in total. The van der Waals surface area contributed by atoms with Gasteiger partial charge in [-0.3, -0.25) is 4.79 Å². The lowest BCUT2D eigenvalue weighted by molar-refractivity contribution is -0.0871. The van der Waals surface area contributed by atoms with Gasteiger partial charge in [-0.1, -0.05) is 11.6 Å². The van der Waals surface area contributed by atoms with Gasteiger partial charge in [0.15, 0.2) is 17.2 Å². The monoisotopic (exact) mass is 468 g/mol. The van der Waals surface area contributed by atoms with Gasteiger partial charge in [0.2, 0.25) is 5.92 Å². The van der Waals surface area contributed by atoms with Crippen LogP contribution in [0.25, 0.3) is 0 Å². The first kappa shape index (κ1) is 23.8. The number of Topliss-reactive ketones (excluding diaryl/α,β-unsaturated/α-hetero) is 1. The number of aryl methyl sites for hydroxylation is 1. The Morgan fingerprint density at radius 2 is 1.78 bits per heavy atom. The molecule has 1 aromatic carbocycles. The topological polar surface area (TPSA) is 87.5 Å². The number of hydrogen-bond donors (Lipinski definition) is 0. The third kappa shape index (κ3) is 4.82. The van der Waals surface area contributed by atoms with E-state index in [-0.39, 0.29) is 30.2 Å². The zero-order valence-corrected chi connectivity index (χ0v) is 18.7. The molecule has 0 radical (unpaired) electrons. The van der Waals surface area contributed by atoms with Crippen molar-refractivity contribution in [3.05, 3.63) is 51.3 Å². The van der Waals surface area contributed by atoms with Crippen molar-refractivity contribution in [2.75, 3.05) is 13.2 Å². The van der Waals surface area contributed by atoms with Gasteiger partial charge < -0.3 is 9.47 Å². The molecule has 0 spiro atoms. The van der Waals surface area contributed by atoms with Gasteiger partial charge >= 0.3 is 11.9 Å². The molecule has 1 heterocycles. The van der Waals surface area contributed by atoms with E-state index < -0.39 is 48.9 Å². The zero-order valence-electron chi connectivity index (χ0n) is 17.9. The third-order valence-corrected chi connectivity index (χ3v) is 5.62. The molecule has 0 atom stereocenters. The van der Waals surface area contributed by atoms with Crippen LogP contribution in [0.3, 0.4) is 0 Å². The minimum Gasteiger partial charge on any atom is -0.461 e. The second kappa shape index (κ2) is 9.36. The highest BCUT2D eigenvalue weighted by molar-refractivity contribution is 6.31. The summed E-state index contributed by atoms with van der Waals surface area (Å²) in [7, 11) is 0. The Bertz CT molecular complexity index is 1060. The molecule has 0 amide bonds. The highest BCUT2D eigenvalue weighted by Crippen LogP contribution is 2.50. The molecule has 32 heavy (non-hydrogen) atoms. The van der Waals surface area contributed by atoms with Crippen LogP contribution >= 0.6 is 11.6 Å². The Morgan fingerprint density at radius 3 is 2.34 bits per heavy atom. The van der Waals surface area contributed by atoms with Crippen LogP contribution in [-0.2, 0) is 16.0 Å². The largest absolute Gasteiger partial charge is 0.461 e. The van der Waals surface area contributed by atoms with E-state index in [9.17, 15) is 23.2 Å². The van der Waals surface area contributed by atoms with Crippen molar-refractivity contribution < 1.29 is 32.6 Å². The zero-order chi connectivity index (χ0) is 23.6. The summed E-state index contributed by atoms with van der Waals surface area (Å²) in [5.74, 6) is -5.79.